The Labute approximate surface area is 247 Å². The van der Waals surface area contributed by atoms with Crippen molar-refractivity contribution in [2.45, 2.75) is 50.6 Å². The molecule has 3 aromatic carbocycles. The Bertz CT molecular complexity index is 1400. The number of rotatable bonds is 13. The van der Waals surface area contributed by atoms with Crippen LogP contribution in [0.1, 0.15) is 36.5 Å². The van der Waals surface area contributed by atoms with Gasteiger partial charge in [-0.15, -0.1) is 0 Å². The molecule has 3 rings (SSSR count). The number of hydrogen-bond acceptors (Lipinski definition) is 4. The van der Waals surface area contributed by atoms with Crippen molar-refractivity contribution in [2.24, 2.45) is 0 Å². The summed E-state index contributed by atoms with van der Waals surface area (Å²) in [4.78, 5) is 28.9. The number of nitrogens with zero attached hydrogens (tertiary/aromatic N) is 2. The van der Waals surface area contributed by atoms with E-state index in [1.165, 1.54) is 24.1 Å². The molecule has 40 heavy (non-hydrogen) atoms. The molecule has 0 aliphatic heterocycles. The van der Waals surface area contributed by atoms with E-state index in [1.54, 1.807) is 30.3 Å². The molecule has 0 spiro atoms. The van der Waals surface area contributed by atoms with Gasteiger partial charge in [0.15, 0.2) is 0 Å². The third-order valence-electron chi connectivity index (χ3n) is 6.54. The summed E-state index contributed by atoms with van der Waals surface area (Å²) in [5, 5.41) is 3.73. The molecule has 1 unspecified atom stereocenters. The fourth-order valence-electron chi connectivity index (χ4n) is 4.15. The number of unbranched alkanes of at least 4 members (excludes halogenated alkanes) is 1. The first-order valence-corrected chi connectivity index (χ1v) is 15.3. The normalized spacial score (nSPS) is 12.2. The fourth-order valence-corrected chi connectivity index (χ4v) is 5.74. The minimum atomic E-state index is -3.95. The maximum atomic E-state index is 13.9. The summed E-state index contributed by atoms with van der Waals surface area (Å²) in [6, 6.07) is 19.8. The number of nitrogens with one attached hydrogen (secondary N) is 1. The molecule has 0 aliphatic carbocycles. The molecule has 2 amide bonds. The minimum Gasteiger partial charge on any atom is -0.354 e. The highest BCUT2D eigenvalue weighted by Crippen LogP contribution is 2.25. The summed E-state index contributed by atoms with van der Waals surface area (Å²) in [6.45, 7) is 3.88. The molecule has 0 aliphatic rings. The van der Waals surface area contributed by atoms with E-state index in [0.29, 0.717) is 22.2 Å². The zero-order valence-electron chi connectivity index (χ0n) is 22.9. The summed E-state index contributed by atoms with van der Waals surface area (Å²) in [5.41, 5.74) is 2.36. The quantitative estimate of drug-likeness (QED) is 0.262. The van der Waals surface area contributed by atoms with Crippen LogP contribution < -0.4 is 5.32 Å². The molecule has 1 N–H and O–H groups in total. The maximum absolute atomic E-state index is 13.9. The molecular formula is C30H35Cl2N3O4S. The van der Waals surface area contributed by atoms with E-state index in [1.807, 2.05) is 44.2 Å². The van der Waals surface area contributed by atoms with Gasteiger partial charge in [-0.2, -0.15) is 4.31 Å². The van der Waals surface area contributed by atoms with Crippen molar-refractivity contribution in [1.29, 1.82) is 0 Å². The van der Waals surface area contributed by atoms with E-state index in [-0.39, 0.29) is 23.8 Å². The zero-order valence-corrected chi connectivity index (χ0v) is 25.3. The van der Waals surface area contributed by atoms with Crippen LogP contribution >= 0.6 is 23.2 Å². The number of carbonyl (C=O) groups excluding carboxylic acids is 2. The second-order valence-electron chi connectivity index (χ2n) is 9.68. The van der Waals surface area contributed by atoms with Crippen LogP contribution in [-0.2, 0) is 32.6 Å². The Kier molecular flexibility index (Phi) is 11.6. The summed E-state index contributed by atoms with van der Waals surface area (Å²) < 4.78 is 27.5. The van der Waals surface area contributed by atoms with Crippen LogP contribution in [0.5, 0.6) is 0 Å². The van der Waals surface area contributed by atoms with Crippen molar-refractivity contribution in [3.8, 4) is 0 Å². The lowest BCUT2D eigenvalue weighted by atomic mass is 10.0. The number of likely N-dealkylation sites (N-methyl/N-ethyl adjacent to an activating group) is 1. The van der Waals surface area contributed by atoms with Gasteiger partial charge < -0.3 is 10.2 Å². The van der Waals surface area contributed by atoms with E-state index in [2.05, 4.69) is 5.32 Å². The lowest BCUT2D eigenvalue weighted by molar-refractivity contribution is -0.141. The van der Waals surface area contributed by atoms with Crippen LogP contribution in [0.25, 0.3) is 0 Å². The van der Waals surface area contributed by atoms with Gasteiger partial charge in [0.05, 0.1) is 11.4 Å². The monoisotopic (exact) mass is 603 g/mol. The van der Waals surface area contributed by atoms with Crippen LogP contribution in [-0.4, -0.2) is 55.6 Å². The minimum absolute atomic E-state index is 0.00798. The molecular weight excluding hydrogens is 569 g/mol. The SMILES string of the molecule is CCCCNC(=O)C(Cc1ccccc1)N(Cc1ccc(Cl)cc1Cl)C(=O)CN(C)S(=O)(=O)c1ccc(C)cc1. The van der Waals surface area contributed by atoms with E-state index < -0.39 is 28.5 Å². The summed E-state index contributed by atoms with van der Waals surface area (Å²) >= 11 is 12.6. The molecule has 0 radical (unpaired) electrons. The lowest BCUT2D eigenvalue weighted by Gasteiger charge is -2.33. The standard InChI is InChI=1S/C30H35Cl2N3O4S/c1-4-5-17-33-30(37)28(18-23-9-7-6-8-10-23)35(20-24-13-14-25(31)19-27(24)32)29(36)21-34(3)40(38,39)26-15-11-22(2)12-16-26/h6-16,19,28H,4-5,17-18,20-21H2,1-3H3,(H,33,37). The molecule has 3 aromatic rings. The van der Waals surface area contributed by atoms with E-state index in [9.17, 15) is 18.0 Å². The molecule has 214 valence electrons. The summed E-state index contributed by atoms with van der Waals surface area (Å²) in [6.07, 6.45) is 1.93. The number of benzene rings is 3. The summed E-state index contributed by atoms with van der Waals surface area (Å²) in [7, 11) is -2.60. The first-order valence-electron chi connectivity index (χ1n) is 13.1. The topological polar surface area (TPSA) is 86.8 Å². The average molecular weight is 605 g/mol. The average Bonchev–Trinajstić information content (AvgIpc) is 2.92. The third-order valence-corrected chi connectivity index (χ3v) is 8.95. The van der Waals surface area contributed by atoms with Gasteiger partial charge in [0.25, 0.3) is 0 Å². The Morgan fingerprint density at radius 2 is 1.65 bits per heavy atom. The molecule has 0 aromatic heterocycles. The van der Waals surface area contributed by atoms with Gasteiger partial charge in [0, 0.05) is 36.6 Å². The number of halogens is 2. The van der Waals surface area contributed by atoms with E-state index >= 15 is 0 Å². The summed E-state index contributed by atoms with van der Waals surface area (Å²) in [5.74, 6) is -0.851. The number of amides is 2. The second kappa shape index (κ2) is 14.6. The van der Waals surface area contributed by atoms with Gasteiger partial charge in [0.2, 0.25) is 21.8 Å². The maximum Gasteiger partial charge on any atom is 0.243 e. The molecule has 0 heterocycles. The molecule has 7 nitrogen and oxygen atoms in total. The Morgan fingerprint density at radius 3 is 2.27 bits per heavy atom. The predicted octanol–water partition coefficient (Wildman–Crippen LogP) is 5.48. The highest BCUT2D eigenvalue weighted by atomic mass is 35.5. The third kappa shape index (κ3) is 8.54. The van der Waals surface area contributed by atoms with Gasteiger partial charge in [-0.25, -0.2) is 8.42 Å². The Morgan fingerprint density at radius 1 is 0.975 bits per heavy atom. The van der Waals surface area contributed by atoms with Gasteiger partial charge in [-0.05, 0) is 48.7 Å². The van der Waals surface area contributed by atoms with Gasteiger partial charge in [-0.3, -0.25) is 9.59 Å². The Balaban J connectivity index is 1.98. The number of sulfonamides is 1. The van der Waals surface area contributed by atoms with Gasteiger partial charge in [0.1, 0.15) is 6.04 Å². The van der Waals surface area contributed by atoms with E-state index in [4.69, 9.17) is 23.2 Å². The van der Waals surface area contributed by atoms with Crippen molar-refractivity contribution >= 4 is 45.0 Å². The first kappa shape index (κ1) is 31.6. The van der Waals surface area contributed by atoms with Crippen LogP contribution in [0.15, 0.2) is 77.7 Å². The molecule has 0 saturated heterocycles. The zero-order chi connectivity index (χ0) is 29.3. The largest absolute Gasteiger partial charge is 0.354 e. The smallest absolute Gasteiger partial charge is 0.243 e. The van der Waals surface area contributed by atoms with Gasteiger partial charge >= 0.3 is 0 Å². The number of hydrogen-bond donors (Lipinski definition) is 1. The van der Waals surface area contributed by atoms with Gasteiger partial charge in [-0.1, -0.05) is 90.6 Å². The molecule has 1 atom stereocenters. The van der Waals surface area contributed by atoms with E-state index in [0.717, 1.165) is 28.3 Å². The highest BCUT2D eigenvalue weighted by molar-refractivity contribution is 7.89. The molecule has 0 fully saturated rings. The Hall–Kier alpha value is -2.91. The highest BCUT2D eigenvalue weighted by Gasteiger charge is 2.33. The predicted molar refractivity (Wildman–Crippen MR) is 160 cm³/mol. The first-order chi connectivity index (χ1) is 19.0. The van der Waals surface area contributed by atoms with Crippen LogP contribution in [0.2, 0.25) is 10.0 Å². The van der Waals surface area contributed by atoms with Crippen molar-refractivity contribution in [3.05, 3.63) is 99.5 Å². The van der Waals surface area contributed by atoms with Crippen molar-refractivity contribution in [3.63, 3.8) is 0 Å². The second-order valence-corrected chi connectivity index (χ2v) is 12.6. The van der Waals surface area contributed by atoms with Crippen molar-refractivity contribution < 1.29 is 18.0 Å². The lowest BCUT2D eigenvalue weighted by Crippen LogP contribution is -2.53. The fraction of sp³-hybridized carbons (Fsp3) is 0.333. The molecule has 0 bridgehead atoms. The van der Waals surface area contributed by atoms with Crippen LogP contribution in [0.3, 0.4) is 0 Å². The van der Waals surface area contributed by atoms with Crippen molar-refractivity contribution in [2.75, 3.05) is 20.1 Å². The molecule has 10 heteroatoms. The molecule has 0 saturated carbocycles. The number of aryl methyl sites for hydroxylation is 1. The number of carbonyl (C=O) groups is 2. The van der Waals surface area contributed by atoms with Crippen LogP contribution in [0.4, 0.5) is 0 Å². The van der Waals surface area contributed by atoms with Crippen molar-refractivity contribution in [1.82, 2.24) is 14.5 Å². The van der Waals surface area contributed by atoms with Crippen LogP contribution in [0, 0.1) is 6.92 Å².